The first-order valence-electron chi connectivity index (χ1n) is 9.54. The topological polar surface area (TPSA) is 81.9 Å². The van der Waals surface area contributed by atoms with Gasteiger partial charge in [-0.15, -0.1) is 11.3 Å². The van der Waals surface area contributed by atoms with E-state index in [0.717, 1.165) is 11.3 Å². The highest BCUT2D eigenvalue weighted by atomic mass is 32.1. The number of ether oxygens (including phenoxy) is 1. The van der Waals surface area contributed by atoms with Crippen molar-refractivity contribution in [2.24, 2.45) is 0 Å². The van der Waals surface area contributed by atoms with Crippen LogP contribution in [0.25, 0.3) is 27.3 Å². The molecule has 8 heteroatoms. The number of aromatic nitrogens is 4. The van der Waals surface area contributed by atoms with Crippen LogP contribution in [-0.4, -0.2) is 32.5 Å². The first-order valence-corrected chi connectivity index (χ1v) is 10.4. The summed E-state index contributed by atoms with van der Waals surface area (Å²) in [6.07, 6.45) is 0.714. The summed E-state index contributed by atoms with van der Waals surface area (Å²) >= 11 is 1.38. The average Bonchev–Trinajstić information content (AvgIpc) is 3.33. The van der Waals surface area contributed by atoms with Gasteiger partial charge in [-0.3, -0.25) is 14.7 Å². The molecule has 1 aromatic carbocycles. The molecule has 0 saturated carbocycles. The van der Waals surface area contributed by atoms with E-state index in [0.29, 0.717) is 47.9 Å². The molecule has 0 fully saturated rings. The van der Waals surface area contributed by atoms with E-state index in [2.05, 4.69) is 10.1 Å². The minimum absolute atomic E-state index is 0.135. The van der Waals surface area contributed by atoms with Crippen molar-refractivity contribution in [1.29, 1.82) is 0 Å². The normalized spacial score (nSPS) is 11.4. The summed E-state index contributed by atoms with van der Waals surface area (Å²) < 4.78 is 8.41. The number of nitrogens with one attached hydrogen (secondary N) is 1. The Morgan fingerprint density at radius 3 is 2.76 bits per heavy atom. The highest BCUT2D eigenvalue weighted by molar-refractivity contribution is 7.12. The van der Waals surface area contributed by atoms with Gasteiger partial charge < -0.3 is 9.30 Å². The Labute approximate surface area is 171 Å². The predicted octanol–water partition coefficient (Wildman–Crippen LogP) is 3.34. The number of fused-ring (bicyclic) bond motifs is 1. The van der Waals surface area contributed by atoms with Gasteiger partial charge in [0.2, 0.25) is 5.13 Å². The lowest BCUT2D eigenvalue weighted by molar-refractivity contribution is 0.141. The summed E-state index contributed by atoms with van der Waals surface area (Å²) in [6, 6.07) is 11.3. The van der Waals surface area contributed by atoms with Crippen molar-refractivity contribution in [2.45, 2.75) is 26.8 Å². The van der Waals surface area contributed by atoms with Crippen LogP contribution < -0.4 is 11.1 Å². The number of pyridine rings is 1. The summed E-state index contributed by atoms with van der Waals surface area (Å²) in [6.45, 7) is 5.49. The highest BCUT2D eigenvalue weighted by Crippen LogP contribution is 2.23. The number of aryl methyl sites for hydroxylation is 1. The van der Waals surface area contributed by atoms with Crippen molar-refractivity contribution >= 4 is 22.2 Å². The van der Waals surface area contributed by atoms with Gasteiger partial charge in [-0.2, -0.15) is 4.68 Å². The number of aromatic amines is 1. The maximum Gasteiger partial charge on any atom is 0.282 e. The standard InChI is InChI=1S/C21H22N4O3S/c1-3-28-11-7-10-24-14(2)19-16(12-18(24)26)23-25(20(19)27)21-22-17(13-29-21)15-8-5-4-6-9-15/h4-6,8-9,12-13,23H,3,7,10-11H2,1-2H3. The predicted molar refractivity (Wildman–Crippen MR) is 115 cm³/mol. The Bertz CT molecular complexity index is 1250. The molecule has 0 aliphatic rings. The maximum absolute atomic E-state index is 13.1. The lowest BCUT2D eigenvalue weighted by Crippen LogP contribution is -2.24. The summed E-state index contributed by atoms with van der Waals surface area (Å²) in [5.74, 6) is 0. The first kappa shape index (κ1) is 19.4. The second-order valence-corrected chi connectivity index (χ2v) is 7.53. The van der Waals surface area contributed by atoms with Crippen LogP contribution in [0.2, 0.25) is 0 Å². The Balaban J connectivity index is 1.73. The smallest absolute Gasteiger partial charge is 0.282 e. The SMILES string of the molecule is CCOCCCn1c(C)c2c(=O)n(-c3nc(-c4ccccc4)cs3)[nH]c2cc1=O. The van der Waals surface area contributed by atoms with Gasteiger partial charge in [0.05, 0.1) is 16.6 Å². The van der Waals surface area contributed by atoms with Gasteiger partial charge in [0.1, 0.15) is 0 Å². The van der Waals surface area contributed by atoms with Crippen molar-refractivity contribution in [1.82, 2.24) is 19.3 Å². The zero-order valence-electron chi connectivity index (χ0n) is 16.3. The minimum Gasteiger partial charge on any atom is -0.382 e. The third-order valence-electron chi connectivity index (χ3n) is 4.85. The van der Waals surface area contributed by atoms with Crippen molar-refractivity contribution in [3.63, 3.8) is 0 Å². The van der Waals surface area contributed by atoms with Crippen LogP contribution in [0.1, 0.15) is 19.0 Å². The van der Waals surface area contributed by atoms with Gasteiger partial charge in [0, 0.05) is 42.5 Å². The molecule has 0 radical (unpaired) electrons. The van der Waals surface area contributed by atoms with Crippen LogP contribution in [0.15, 0.2) is 51.4 Å². The van der Waals surface area contributed by atoms with E-state index in [-0.39, 0.29) is 11.1 Å². The van der Waals surface area contributed by atoms with E-state index in [1.807, 2.05) is 42.6 Å². The molecule has 0 unspecified atom stereocenters. The number of hydrogen-bond acceptors (Lipinski definition) is 5. The molecule has 4 rings (SSSR count). The lowest BCUT2D eigenvalue weighted by atomic mass is 10.2. The Morgan fingerprint density at radius 1 is 1.21 bits per heavy atom. The number of hydrogen-bond donors (Lipinski definition) is 1. The largest absolute Gasteiger partial charge is 0.382 e. The van der Waals surface area contributed by atoms with Crippen molar-refractivity contribution in [3.8, 4) is 16.4 Å². The third kappa shape index (κ3) is 3.68. The summed E-state index contributed by atoms with van der Waals surface area (Å²) in [5.41, 5.74) is 2.64. The summed E-state index contributed by atoms with van der Waals surface area (Å²) in [7, 11) is 0. The number of rotatable bonds is 7. The zero-order chi connectivity index (χ0) is 20.4. The molecule has 29 heavy (non-hydrogen) atoms. The van der Waals surface area contributed by atoms with E-state index >= 15 is 0 Å². The van der Waals surface area contributed by atoms with Gasteiger partial charge >= 0.3 is 0 Å². The second kappa shape index (κ2) is 8.18. The van der Waals surface area contributed by atoms with Crippen LogP contribution in [-0.2, 0) is 11.3 Å². The zero-order valence-corrected chi connectivity index (χ0v) is 17.2. The molecule has 3 aromatic heterocycles. The number of nitrogens with zero attached hydrogens (tertiary/aromatic N) is 3. The van der Waals surface area contributed by atoms with Gasteiger partial charge in [0.25, 0.3) is 11.1 Å². The quantitative estimate of drug-likeness (QED) is 0.474. The van der Waals surface area contributed by atoms with Crippen molar-refractivity contribution < 1.29 is 4.74 Å². The molecule has 4 aromatic rings. The van der Waals surface area contributed by atoms with Gasteiger partial charge in [0.15, 0.2) is 0 Å². The first-order chi connectivity index (χ1) is 14.1. The molecule has 7 nitrogen and oxygen atoms in total. The Kier molecular flexibility index (Phi) is 5.46. The molecular weight excluding hydrogens is 388 g/mol. The maximum atomic E-state index is 13.1. The second-order valence-electron chi connectivity index (χ2n) is 6.69. The van der Waals surface area contributed by atoms with Crippen LogP contribution in [0.3, 0.4) is 0 Å². The van der Waals surface area contributed by atoms with Gasteiger partial charge in [-0.1, -0.05) is 30.3 Å². The fourth-order valence-electron chi connectivity index (χ4n) is 3.40. The fraction of sp³-hybridized carbons (Fsp3) is 0.286. The average molecular weight is 410 g/mol. The number of benzene rings is 1. The molecule has 0 saturated heterocycles. The van der Waals surface area contributed by atoms with E-state index in [4.69, 9.17) is 4.74 Å². The van der Waals surface area contributed by atoms with Gasteiger partial charge in [-0.25, -0.2) is 4.98 Å². The van der Waals surface area contributed by atoms with Gasteiger partial charge in [-0.05, 0) is 20.3 Å². The van der Waals surface area contributed by atoms with E-state index in [1.165, 1.54) is 22.1 Å². The van der Waals surface area contributed by atoms with Crippen LogP contribution in [0.5, 0.6) is 0 Å². The number of H-pyrrole nitrogens is 1. The molecule has 0 bridgehead atoms. The summed E-state index contributed by atoms with van der Waals surface area (Å²) in [4.78, 5) is 30.2. The Morgan fingerprint density at radius 2 is 2.00 bits per heavy atom. The van der Waals surface area contributed by atoms with Crippen LogP contribution >= 0.6 is 11.3 Å². The van der Waals surface area contributed by atoms with E-state index < -0.39 is 0 Å². The summed E-state index contributed by atoms with van der Waals surface area (Å²) in [5, 5.41) is 6.02. The molecule has 150 valence electrons. The monoisotopic (exact) mass is 410 g/mol. The molecule has 0 aliphatic heterocycles. The molecular formula is C21H22N4O3S. The molecule has 0 aliphatic carbocycles. The van der Waals surface area contributed by atoms with Crippen molar-refractivity contribution in [3.05, 3.63) is 68.2 Å². The minimum atomic E-state index is -0.204. The number of thiazole rings is 1. The fourth-order valence-corrected chi connectivity index (χ4v) is 4.19. The highest BCUT2D eigenvalue weighted by Gasteiger charge is 2.17. The van der Waals surface area contributed by atoms with Crippen LogP contribution in [0.4, 0.5) is 0 Å². The van der Waals surface area contributed by atoms with E-state index in [9.17, 15) is 9.59 Å². The van der Waals surface area contributed by atoms with Crippen molar-refractivity contribution in [2.75, 3.05) is 13.2 Å². The molecule has 3 heterocycles. The van der Waals surface area contributed by atoms with E-state index in [1.54, 1.807) is 11.5 Å². The molecule has 0 spiro atoms. The molecule has 0 atom stereocenters. The lowest BCUT2D eigenvalue weighted by Gasteiger charge is -2.09. The molecule has 0 amide bonds. The Hall–Kier alpha value is -2.97. The third-order valence-corrected chi connectivity index (χ3v) is 5.67. The molecule has 1 N–H and O–H groups in total. The van der Waals surface area contributed by atoms with Crippen LogP contribution in [0, 0.1) is 6.92 Å².